The first-order chi connectivity index (χ1) is 10.3. The molecule has 1 atom stereocenters. The molecule has 1 fully saturated rings. The van der Waals surface area contributed by atoms with Crippen LogP contribution in [0.3, 0.4) is 0 Å². The lowest BCUT2D eigenvalue weighted by Crippen LogP contribution is -2.51. The average Bonchev–Trinajstić information content (AvgIpc) is 2.44. The van der Waals surface area contributed by atoms with Gasteiger partial charge in [-0.05, 0) is 24.5 Å². The summed E-state index contributed by atoms with van der Waals surface area (Å²) < 4.78 is 25.1. The Kier molecular flexibility index (Phi) is 5.66. The van der Waals surface area contributed by atoms with Crippen molar-refractivity contribution in [1.82, 2.24) is 14.9 Å². The molecule has 2 rings (SSSR count). The Morgan fingerprint density at radius 1 is 1.41 bits per heavy atom. The van der Waals surface area contributed by atoms with Gasteiger partial charge in [-0.2, -0.15) is 0 Å². The first-order valence-corrected chi connectivity index (χ1v) is 9.35. The van der Waals surface area contributed by atoms with Crippen molar-refractivity contribution in [3.05, 3.63) is 34.9 Å². The van der Waals surface area contributed by atoms with E-state index >= 15 is 0 Å². The molecule has 0 aliphatic carbocycles. The Morgan fingerprint density at radius 2 is 2.14 bits per heavy atom. The lowest BCUT2D eigenvalue weighted by Gasteiger charge is -2.32. The van der Waals surface area contributed by atoms with Crippen molar-refractivity contribution in [3.63, 3.8) is 0 Å². The van der Waals surface area contributed by atoms with Crippen LogP contribution in [0.1, 0.15) is 18.4 Å². The van der Waals surface area contributed by atoms with Crippen molar-refractivity contribution in [3.8, 4) is 0 Å². The Balaban J connectivity index is 1.88. The Labute approximate surface area is 135 Å². The molecule has 1 heterocycles. The van der Waals surface area contributed by atoms with Gasteiger partial charge in [-0.1, -0.05) is 29.8 Å². The normalized spacial score (nSPS) is 19.0. The zero-order valence-corrected chi connectivity index (χ0v) is 14.0. The molecule has 0 aromatic heterocycles. The molecule has 8 heteroatoms. The van der Waals surface area contributed by atoms with E-state index in [0.29, 0.717) is 24.7 Å². The van der Waals surface area contributed by atoms with Gasteiger partial charge in [0.15, 0.2) is 0 Å². The predicted octanol–water partition coefficient (Wildman–Crippen LogP) is 1.56. The Hall–Kier alpha value is -1.31. The predicted molar refractivity (Wildman–Crippen MR) is 86.3 cm³/mol. The van der Waals surface area contributed by atoms with Crippen LogP contribution in [0.15, 0.2) is 24.3 Å². The van der Waals surface area contributed by atoms with E-state index in [1.54, 1.807) is 11.0 Å². The summed E-state index contributed by atoms with van der Waals surface area (Å²) in [5.41, 5.74) is 0.848. The fraction of sp³-hybridized carbons (Fsp3) is 0.500. The van der Waals surface area contributed by atoms with Gasteiger partial charge < -0.3 is 10.2 Å². The number of carbonyl (C=O) groups excluding carboxylic acids is 1. The van der Waals surface area contributed by atoms with E-state index in [-0.39, 0.29) is 12.1 Å². The molecule has 0 spiro atoms. The number of amides is 2. The van der Waals surface area contributed by atoms with Gasteiger partial charge in [-0.25, -0.2) is 17.9 Å². The molecule has 1 aromatic carbocycles. The summed E-state index contributed by atoms with van der Waals surface area (Å²) in [4.78, 5) is 13.8. The topological polar surface area (TPSA) is 78.5 Å². The summed E-state index contributed by atoms with van der Waals surface area (Å²) in [6.07, 6.45) is 2.64. The second kappa shape index (κ2) is 7.30. The number of rotatable bonds is 4. The number of halogens is 1. The number of nitrogens with one attached hydrogen (secondary N) is 2. The molecule has 6 nitrogen and oxygen atoms in total. The van der Waals surface area contributed by atoms with E-state index < -0.39 is 10.0 Å². The number of likely N-dealkylation sites (tertiary alicyclic amines) is 1. The molecule has 1 aromatic rings. The van der Waals surface area contributed by atoms with Crippen molar-refractivity contribution in [2.75, 3.05) is 19.3 Å². The van der Waals surface area contributed by atoms with Crippen LogP contribution in [-0.4, -0.2) is 44.7 Å². The van der Waals surface area contributed by atoms with E-state index in [2.05, 4.69) is 10.0 Å². The number of piperidine rings is 1. The van der Waals surface area contributed by atoms with Gasteiger partial charge in [0, 0.05) is 30.7 Å². The number of carbonyl (C=O) groups is 1. The van der Waals surface area contributed by atoms with Crippen molar-refractivity contribution in [2.45, 2.75) is 25.4 Å². The first-order valence-electron chi connectivity index (χ1n) is 7.08. The molecule has 0 radical (unpaired) electrons. The Bertz CT molecular complexity index is 636. The molecule has 1 saturated heterocycles. The number of sulfonamides is 1. The van der Waals surface area contributed by atoms with Crippen LogP contribution in [0.25, 0.3) is 0 Å². The maximum Gasteiger partial charge on any atom is 0.317 e. The second-order valence-corrected chi connectivity index (χ2v) is 7.61. The highest BCUT2D eigenvalue weighted by atomic mass is 35.5. The lowest BCUT2D eigenvalue weighted by atomic mass is 10.1. The zero-order chi connectivity index (χ0) is 16.2. The number of benzene rings is 1. The molecule has 22 heavy (non-hydrogen) atoms. The third-order valence-corrected chi connectivity index (χ3v) is 4.61. The average molecular weight is 346 g/mol. The molecular formula is C14H20ClN3O3S. The second-order valence-electron chi connectivity index (χ2n) is 5.43. The highest BCUT2D eigenvalue weighted by Gasteiger charge is 2.25. The number of nitrogens with zero attached hydrogens (tertiary/aromatic N) is 1. The highest BCUT2D eigenvalue weighted by molar-refractivity contribution is 7.88. The van der Waals surface area contributed by atoms with Gasteiger partial charge in [-0.3, -0.25) is 0 Å². The minimum atomic E-state index is -3.26. The van der Waals surface area contributed by atoms with E-state index in [1.165, 1.54) is 0 Å². The summed E-state index contributed by atoms with van der Waals surface area (Å²) in [5.74, 6) is 0. The number of hydrogen-bond donors (Lipinski definition) is 2. The summed E-state index contributed by atoms with van der Waals surface area (Å²) in [6.45, 7) is 1.34. The zero-order valence-electron chi connectivity index (χ0n) is 12.4. The molecule has 2 amide bonds. The minimum Gasteiger partial charge on any atom is -0.334 e. The summed E-state index contributed by atoms with van der Waals surface area (Å²) in [5, 5.41) is 3.43. The summed E-state index contributed by atoms with van der Waals surface area (Å²) in [6, 6.07) is 6.89. The van der Waals surface area contributed by atoms with E-state index in [0.717, 1.165) is 24.7 Å². The Morgan fingerprint density at radius 3 is 2.82 bits per heavy atom. The lowest BCUT2D eigenvalue weighted by molar-refractivity contribution is 0.177. The molecular weight excluding hydrogens is 326 g/mol. The quantitative estimate of drug-likeness (QED) is 0.869. The van der Waals surface area contributed by atoms with Crippen LogP contribution in [-0.2, 0) is 16.6 Å². The van der Waals surface area contributed by atoms with Gasteiger partial charge in [0.05, 0.1) is 6.26 Å². The molecule has 2 N–H and O–H groups in total. The monoisotopic (exact) mass is 345 g/mol. The molecule has 0 bridgehead atoms. The SMILES string of the molecule is CS(=O)(=O)N[C@@H]1CCCN(C(=O)NCc2ccccc2Cl)C1. The molecule has 122 valence electrons. The van der Waals surface area contributed by atoms with Gasteiger partial charge in [-0.15, -0.1) is 0 Å². The third kappa shape index (κ3) is 5.15. The maximum absolute atomic E-state index is 12.2. The van der Waals surface area contributed by atoms with Crippen LogP contribution in [0.5, 0.6) is 0 Å². The van der Waals surface area contributed by atoms with E-state index in [9.17, 15) is 13.2 Å². The molecule has 0 unspecified atom stereocenters. The van der Waals surface area contributed by atoms with Crippen LogP contribution < -0.4 is 10.0 Å². The highest BCUT2D eigenvalue weighted by Crippen LogP contribution is 2.15. The van der Waals surface area contributed by atoms with Crippen molar-refractivity contribution >= 4 is 27.7 Å². The van der Waals surface area contributed by atoms with Crippen molar-refractivity contribution < 1.29 is 13.2 Å². The standard InChI is InChI=1S/C14H20ClN3O3S/c1-22(20,21)17-12-6-4-8-18(10-12)14(19)16-9-11-5-2-3-7-13(11)15/h2-3,5,7,12,17H,4,6,8-10H2,1H3,(H,16,19)/t12-/m1/s1. The maximum atomic E-state index is 12.2. The van der Waals surface area contributed by atoms with Gasteiger partial charge >= 0.3 is 6.03 Å². The first kappa shape index (κ1) is 17.1. The fourth-order valence-corrected chi connectivity index (χ4v) is 3.49. The molecule has 1 aliphatic rings. The largest absolute Gasteiger partial charge is 0.334 e. The van der Waals surface area contributed by atoms with Crippen LogP contribution >= 0.6 is 11.6 Å². The van der Waals surface area contributed by atoms with Crippen LogP contribution in [0.4, 0.5) is 4.79 Å². The third-order valence-electron chi connectivity index (χ3n) is 3.48. The molecule has 1 aliphatic heterocycles. The number of hydrogen-bond acceptors (Lipinski definition) is 3. The summed E-state index contributed by atoms with van der Waals surface area (Å²) in [7, 11) is -3.26. The number of urea groups is 1. The van der Waals surface area contributed by atoms with Crippen molar-refractivity contribution in [1.29, 1.82) is 0 Å². The minimum absolute atomic E-state index is 0.208. The van der Waals surface area contributed by atoms with E-state index in [4.69, 9.17) is 11.6 Å². The van der Waals surface area contributed by atoms with Gasteiger partial charge in [0.2, 0.25) is 10.0 Å². The van der Waals surface area contributed by atoms with Crippen LogP contribution in [0, 0.1) is 0 Å². The van der Waals surface area contributed by atoms with Gasteiger partial charge in [0.1, 0.15) is 0 Å². The van der Waals surface area contributed by atoms with E-state index in [1.807, 2.05) is 18.2 Å². The fourth-order valence-electron chi connectivity index (χ4n) is 2.48. The summed E-state index contributed by atoms with van der Waals surface area (Å²) >= 11 is 6.05. The van der Waals surface area contributed by atoms with Crippen molar-refractivity contribution in [2.24, 2.45) is 0 Å². The smallest absolute Gasteiger partial charge is 0.317 e. The van der Waals surface area contributed by atoms with Crippen LogP contribution in [0.2, 0.25) is 5.02 Å². The van der Waals surface area contributed by atoms with Gasteiger partial charge in [0.25, 0.3) is 0 Å². The molecule has 0 saturated carbocycles.